The van der Waals surface area contributed by atoms with Crippen LogP contribution in [0.15, 0.2) is 12.1 Å². The topological polar surface area (TPSA) is 30.5 Å². The van der Waals surface area contributed by atoms with E-state index in [1.54, 1.807) is 0 Å². The van der Waals surface area contributed by atoms with E-state index in [1.807, 2.05) is 12.1 Å². The lowest BCUT2D eigenvalue weighted by molar-refractivity contribution is 0.171. The van der Waals surface area contributed by atoms with Gasteiger partial charge in [0.1, 0.15) is 13.2 Å². The fourth-order valence-electron chi connectivity index (χ4n) is 2.54. The second kappa shape index (κ2) is 8.50. The van der Waals surface area contributed by atoms with Gasteiger partial charge in [0.15, 0.2) is 11.5 Å². The Morgan fingerprint density at radius 3 is 2.81 bits per heavy atom. The van der Waals surface area contributed by atoms with Crippen molar-refractivity contribution in [2.24, 2.45) is 0 Å². The lowest BCUT2D eigenvalue weighted by Gasteiger charge is -2.21. The molecule has 4 heteroatoms. The number of fused-ring (bicyclic) bond motifs is 1. The van der Waals surface area contributed by atoms with Gasteiger partial charge in [0.2, 0.25) is 0 Å². The molecule has 1 aromatic carbocycles. The average Bonchev–Trinajstić information content (AvgIpc) is 2.50. The van der Waals surface area contributed by atoms with Gasteiger partial charge in [0.25, 0.3) is 0 Å². The predicted molar refractivity (Wildman–Crippen MR) is 87.5 cm³/mol. The number of benzene rings is 1. The third-order valence-corrected chi connectivity index (χ3v) is 4.08. The average molecular weight is 312 g/mol. The summed E-state index contributed by atoms with van der Waals surface area (Å²) >= 11 is 6.25. The molecule has 1 unspecified atom stereocenters. The number of hydrogen-bond acceptors (Lipinski definition) is 3. The number of ether oxygens (including phenoxy) is 2. The lowest BCUT2D eigenvalue weighted by Crippen LogP contribution is -2.25. The summed E-state index contributed by atoms with van der Waals surface area (Å²) in [6.07, 6.45) is 6.47. The molecule has 0 saturated carbocycles. The highest BCUT2D eigenvalue weighted by molar-refractivity contribution is 6.32. The van der Waals surface area contributed by atoms with Crippen LogP contribution in [-0.4, -0.2) is 19.3 Å². The Morgan fingerprint density at radius 2 is 2.00 bits per heavy atom. The first-order valence-electron chi connectivity index (χ1n) is 8.02. The Balaban J connectivity index is 1.81. The summed E-state index contributed by atoms with van der Waals surface area (Å²) in [7, 11) is 0. The predicted octanol–water partition coefficient (Wildman–Crippen LogP) is 4.56. The number of nitrogens with one attached hydrogen (secondary N) is 1. The molecule has 118 valence electrons. The smallest absolute Gasteiger partial charge is 0.179 e. The molecule has 0 radical (unpaired) electrons. The van der Waals surface area contributed by atoms with Gasteiger partial charge >= 0.3 is 0 Å². The van der Waals surface area contributed by atoms with E-state index >= 15 is 0 Å². The molecule has 0 spiro atoms. The molecule has 3 nitrogen and oxygen atoms in total. The van der Waals surface area contributed by atoms with E-state index in [-0.39, 0.29) is 0 Å². The van der Waals surface area contributed by atoms with Crippen molar-refractivity contribution in [3.8, 4) is 11.5 Å². The highest BCUT2D eigenvalue weighted by Gasteiger charge is 2.16. The van der Waals surface area contributed by atoms with E-state index in [4.69, 9.17) is 21.1 Å². The van der Waals surface area contributed by atoms with Crippen molar-refractivity contribution in [3.63, 3.8) is 0 Å². The molecular weight excluding hydrogens is 286 g/mol. The molecule has 1 N–H and O–H groups in total. The highest BCUT2D eigenvalue weighted by Crippen LogP contribution is 2.38. The fourth-order valence-corrected chi connectivity index (χ4v) is 2.83. The monoisotopic (exact) mass is 311 g/mol. The molecule has 0 bridgehead atoms. The molecule has 0 saturated heterocycles. The van der Waals surface area contributed by atoms with Crippen molar-refractivity contribution in [2.45, 2.75) is 58.5 Å². The number of halogens is 1. The zero-order valence-corrected chi connectivity index (χ0v) is 13.8. The van der Waals surface area contributed by atoms with Crippen molar-refractivity contribution >= 4 is 11.6 Å². The number of hydrogen-bond donors (Lipinski definition) is 1. The molecule has 1 aliphatic heterocycles. The molecule has 21 heavy (non-hydrogen) atoms. The van der Waals surface area contributed by atoms with E-state index in [1.165, 1.54) is 32.1 Å². The van der Waals surface area contributed by atoms with Crippen LogP contribution in [-0.2, 0) is 6.54 Å². The molecule has 0 aromatic heterocycles. The molecule has 0 amide bonds. The van der Waals surface area contributed by atoms with Crippen LogP contribution in [0, 0.1) is 0 Å². The van der Waals surface area contributed by atoms with Crippen LogP contribution >= 0.6 is 11.6 Å². The molecule has 1 aliphatic rings. The van der Waals surface area contributed by atoms with Gasteiger partial charge in [-0.25, -0.2) is 0 Å². The van der Waals surface area contributed by atoms with Crippen molar-refractivity contribution < 1.29 is 9.47 Å². The van der Waals surface area contributed by atoms with Gasteiger partial charge in [0, 0.05) is 12.6 Å². The van der Waals surface area contributed by atoms with E-state index in [0.717, 1.165) is 17.9 Å². The first-order chi connectivity index (χ1) is 10.2. The molecule has 1 heterocycles. The molecule has 0 fully saturated rings. The third-order valence-electron chi connectivity index (χ3n) is 3.80. The second-order valence-electron chi connectivity index (χ2n) is 5.73. The van der Waals surface area contributed by atoms with Crippen molar-refractivity contribution in [2.75, 3.05) is 13.2 Å². The van der Waals surface area contributed by atoms with Gasteiger partial charge < -0.3 is 14.8 Å². The Morgan fingerprint density at radius 1 is 1.19 bits per heavy atom. The van der Waals surface area contributed by atoms with Crippen molar-refractivity contribution in [1.82, 2.24) is 5.32 Å². The van der Waals surface area contributed by atoms with Crippen LogP contribution in [0.4, 0.5) is 0 Å². The minimum absolute atomic E-state index is 0.522. The number of rotatable bonds is 8. The summed E-state index contributed by atoms with van der Waals surface area (Å²) in [5, 5.41) is 4.19. The first-order valence-corrected chi connectivity index (χ1v) is 8.40. The third kappa shape index (κ3) is 5.08. The summed E-state index contributed by atoms with van der Waals surface area (Å²) in [6.45, 7) is 6.46. The largest absolute Gasteiger partial charge is 0.486 e. The highest BCUT2D eigenvalue weighted by atomic mass is 35.5. The second-order valence-corrected chi connectivity index (χ2v) is 6.14. The van der Waals surface area contributed by atoms with Crippen LogP contribution in [0.25, 0.3) is 0 Å². The quantitative estimate of drug-likeness (QED) is 0.714. The zero-order chi connectivity index (χ0) is 15.1. The Kier molecular flexibility index (Phi) is 6.65. The van der Waals surface area contributed by atoms with E-state index in [9.17, 15) is 0 Å². The maximum atomic E-state index is 6.25. The summed E-state index contributed by atoms with van der Waals surface area (Å²) in [6, 6.07) is 4.51. The first kappa shape index (κ1) is 16.4. The van der Waals surface area contributed by atoms with Crippen LogP contribution in [0.2, 0.25) is 5.02 Å². The Labute approximate surface area is 133 Å². The summed E-state index contributed by atoms with van der Waals surface area (Å²) in [5.41, 5.74) is 1.14. The summed E-state index contributed by atoms with van der Waals surface area (Å²) in [5.74, 6) is 1.44. The molecule has 1 aromatic rings. The minimum Gasteiger partial charge on any atom is -0.486 e. The number of unbranched alkanes of at least 4 members (excludes halogenated alkanes) is 3. The maximum Gasteiger partial charge on any atom is 0.179 e. The van der Waals surface area contributed by atoms with Gasteiger partial charge in [-0.2, -0.15) is 0 Å². The van der Waals surface area contributed by atoms with Gasteiger partial charge in [-0.05, 0) is 31.0 Å². The minimum atomic E-state index is 0.522. The van der Waals surface area contributed by atoms with Crippen LogP contribution in [0.3, 0.4) is 0 Å². The molecule has 2 rings (SSSR count). The molecule has 0 aliphatic carbocycles. The Hall–Kier alpha value is -0.930. The fraction of sp³-hybridized carbons (Fsp3) is 0.647. The zero-order valence-electron chi connectivity index (χ0n) is 13.1. The van der Waals surface area contributed by atoms with Gasteiger partial charge in [-0.15, -0.1) is 0 Å². The summed E-state index contributed by atoms with van der Waals surface area (Å²) < 4.78 is 11.1. The Bertz CT molecular complexity index is 451. The van der Waals surface area contributed by atoms with Gasteiger partial charge in [-0.3, -0.25) is 0 Å². The van der Waals surface area contributed by atoms with E-state index in [0.29, 0.717) is 30.0 Å². The molecular formula is C17H26ClNO2. The molecule has 1 atom stereocenters. The summed E-state index contributed by atoms with van der Waals surface area (Å²) in [4.78, 5) is 0. The SMILES string of the molecule is CCCCCCC(C)NCc1cc(Cl)c2c(c1)OCCO2. The van der Waals surface area contributed by atoms with Gasteiger partial charge in [-0.1, -0.05) is 44.2 Å². The van der Waals surface area contributed by atoms with Crippen molar-refractivity contribution in [3.05, 3.63) is 22.7 Å². The van der Waals surface area contributed by atoms with Crippen molar-refractivity contribution in [1.29, 1.82) is 0 Å². The van der Waals surface area contributed by atoms with E-state index < -0.39 is 0 Å². The van der Waals surface area contributed by atoms with Crippen LogP contribution in [0.1, 0.15) is 51.5 Å². The lowest BCUT2D eigenvalue weighted by atomic mass is 10.1. The van der Waals surface area contributed by atoms with E-state index in [2.05, 4.69) is 19.2 Å². The van der Waals surface area contributed by atoms with Crippen LogP contribution < -0.4 is 14.8 Å². The standard InChI is InChI=1S/C17H26ClNO2/c1-3-4-5-6-7-13(2)19-12-14-10-15(18)17-16(11-14)20-8-9-21-17/h10-11,13,19H,3-9,12H2,1-2H3. The normalized spacial score (nSPS) is 15.0. The van der Waals surface area contributed by atoms with Gasteiger partial charge in [0.05, 0.1) is 5.02 Å². The van der Waals surface area contributed by atoms with Crippen LogP contribution in [0.5, 0.6) is 11.5 Å². The maximum absolute atomic E-state index is 6.25.